The predicted octanol–water partition coefficient (Wildman–Crippen LogP) is 3.17. The molecule has 3 rings (SSSR count). The van der Waals surface area contributed by atoms with Gasteiger partial charge in [0, 0.05) is 24.5 Å². The van der Waals surface area contributed by atoms with Gasteiger partial charge in [0.2, 0.25) is 5.88 Å². The molecule has 10 heteroatoms. The number of alkyl halides is 2. The monoisotopic (exact) mass is 365 g/mol. The smallest absolute Gasteiger partial charge is 0.388 e. The van der Waals surface area contributed by atoms with Gasteiger partial charge in [-0.05, 0) is 18.2 Å². The lowest BCUT2D eigenvalue weighted by Crippen LogP contribution is -2.15. The first-order chi connectivity index (χ1) is 12.0. The van der Waals surface area contributed by atoms with Gasteiger partial charge in [0.15, 0.2) is 11.6 Å². The van der Waals surface area contributed by atoms with Crippen LogP contribution in [0, 0.1) is 0 Å². The number of anilines is 1. The van der Waals surface area contributed by atoms with Crippen molar-refractivity contribution in [3.63, 3.8) is 0 Å². The van der Waals surface area contributed by atoms with E-state index in [0.29, 0.717) is 10.8 Å². The lowest BCUT2D eigenvalue weighted by atomic mass is 10.3. The van der Waals surface area contributed by atoms with Crippen LogP contribution < -0.4 is 10.1 Å². The molecule has 0 fully saturated rings. The van der Waals surface area contributed by atoms with E-state index in [4.69, 9.17) is 11.6 Å². The van der Waals surface area contributed by atoms with Gasteiger partial charge in [-0.1, -0.05) is 17.7 Å². The van der Waals surface area contributed by atoms with Crippen LogP contribution in [0.3, 0.4) is 0 Å². The van der Waals surface area contributed by atoms with E-state index in [-0.39, 0.29) is 17.4 Å². The van der Waals surface area contributed by atoms with Crippen LogP contribution in [0.1, 0.15) is 10.5 Å². The van der Waals surface area contributed by atoms with Gasteiger partial charge >= 0.3 is 6.61 Å². The molecule has 25 heavy (non-hydrogen) atoms. The number of amides is 1. The molecule has 7 nitrogen and oxygen atoms in total. The minimum atomic E-state index is -3.02. The third-order valence-electron chi connectivity index (χ3n) is 2.95. The van der Waals surface area contributed by atoms with Crippen LogP contribution in [-0.4, -0.2) is 32.3 Å². The van der Waals surface area contributed by atoms with Crippen molar-refractivity contribution in [2.24, 2.45) is 0 Å². The van der Waals surface area contributed by atoms with Crippen LogP contribution in [0.25, 0.3) is 5.82 Å². The highest BCUT2D eigenvalue weighted by atomic mass is 35.5. The summed E-state index contributed by atoms with van der Waals surface area (Å²) in [5, 5.41) is 7.03. The molecule has 0 saturated heterocycles. The molecule has 0 bridgehead atoms. The number of carbonyl (C=O) groups excluding carboxylic acids is 1. The van der Waals surface area contributed by atoms with Crippen LogP contribution in [-0.2, 0) is 0 Å². The Morgan fingerprint density at radius 2 is 2.08 bits per heavy atom. The van der Waals surface area contributed by atoms with Gasteiger partial charge in [0.1, 0.15) is 5.69 Å². The predicted molar refractivity (Wildman–Crippen MR) is 85.2 cm³/mol. The molecule has 0 aliphatic carbocycles. The minimum Gasteiger partial charge on any atom is -0.417 e. The van der Waals surface area contributed by atoms with Crippen LogP contribution in [0.5, 0.6) is 5.88 Å². The third-order valence-corrected chi connectivity index (χ3v) is 3.25. The first-order valence-electron chi connectivity index (χ1n) is 6.93. The number of hydrogen-bond acceptors (Lipinski definition) is 5. The Morgan fingerprint density at radius 1 is 1.24 bits per heavy atom. The van der Waals surface area contributed by atoms with E-state index in [2.05, 4.69) is 25.1 Å². The fourth-order valence-corrected chi connectivity index (χ4v) is 2.14. The Kier molecular flexibility index (Phi) is 4.85. The van der Waals surface area contributed by atoms with Crippen LogP contribution in [0.2, 0.25) is 5.02 Å². The number of rotatable bonds is 5. The molecule has 3 heterocycles. The summed E-state index contributed by atoms with van der Waals surface area (Å²) in [5.41, 5.74) is -0.0939. The SMILES string of the molecule is O=C(Nc1ccn(-c2ncccc2Cl)n1)c1cccc(OC(F)F)n1. The van der Waals surface area contributed by atoms with Crippen LogP contribution >= 0.6 is 11.6 Å². The van der Waals surface area contributed by atoms with Crippen molar-refractivity contribution < 1.29 is 18.3 Å². The van der Waals surface area contributed by atoms with E-state index < -0.39 is 12.5 Å². The van der Waals surface area contributed by atoms with Crippen molar-refractivity contribution in [1.82, 2.24) is 19.7 Å². The number of hydrogen-bond donors (Lipinski definition) is 1. The second kappa shape index (κ2) is 7.22. The average Bonchev–Trinajstić information content (AvgIpc) is 3.03. The first kappa shape index (κ1) is 16.8. The largest absolute Gasteiger partial charge is 0.417 e. The standard InChI is InChI=1S/C15H10ClF2N5O2/c16-9-3-2-7-19-13(9)23-8-6-11(22-23)21-14(24)10-4-1-5-12(20-10)25-15(17)18/h1-8,15H,(H,21,22,24). The Labute approximate surface area is 145 Å². The zero-order valence-electron chi connectivity index (χ0n) is 12.4. The zero-order chi connectivity index (χ0) is 17.8. The van der Waals surface area contributed by atoms with Crippen molar-refractivity contribution in [3.8, 4) is 11.7 Å². The summed E-state index contributed by atoms with van der Waals surface area (Å²) in [6.07, 6.45) is 3.12. The highest BCUT2D eigenvalue weighted by molar-refractivity contribution is 6.32. The van der Waals surface area contributed by atoms with E-state index in [0.717, 1.165) is 0 Å². The highest BCUT2D eigenvalue weighted by Crippen LogP contribution is 2.18. The van der Waals surface area contributed by atoms with Gasteiger partial charge in [-0.15, -0.1) is 5.10 Å². The molecule has 1 amide bonds. The molecule has 0 atom stereocenters. The van der Waals surface area contributed by atoms with Gasteiger partial charge < -0.3 is 10.1 Å². The molecule has 3 aromatic heterocycles. The van der Waals surface area contributed by atoms with Gasteiger partial charge in [-0.3, -0.25) is 4.79 Å². The van der Waals surface area contributed by atoms with Crippen LogP contribution in [0.4, 0.5) is 14.6 Å². The molecule has 0 saturated carbocycles. The topological polar surface area (TPSA) is 81.9 Å². The minimum absolute atomic E-state index is 0.0939. The van der Waals surface area contributed by atoms with Gasteiger partial charge in [-0.25, -0.2) is 14.6 Å². The molecule has 0 radical (unpaired) electrons. The molecule has 1 N–H and O–H groups in total. The second-order valence-electron chi connectivity index (χ2n) is 4.65. The van der Waals surface area contributed by atoms with E-state index in [1.807, 2.05) is 0 Å². The maximum atomic E-state index is 12.2. The fourth-order valence-electron chi connectivity index (χ4n) is 1.93. The first-order valence-corrected chi connectivity index (χ1v) is 7.30. The molecule has 0 spiro atoms. The molecule has 0 aliphatic heterocycles. The van der Waals surface area contributed by atoms with E-state index in [1.165, 1.54) is 28.9 Å². The fraction of sp³-hybridized carbons (Fsp3) is 0.0667. The Balaban J connectivity index is 1.75. The third kappa shape index (κ3) is 4.07. The van der Waals surface area contributed by atoms with Crippen molar-refractivity contribution in [2.75, 3.05) is 5.32 Å². The zero-order valence-corrected chi connectivity index (χ0v) is 13.2. The summed E-state index contributed by atoms with van der Waals surface area (Å²) in [6, 6.07) is 8.83. The summed E-state index contributed by atoms with van der Waals surface area (Å²) in [4.78, 5) is 20.0. The molecule has 0 aromatic carbocycles. The number of ether oxygens (including phenoxy) is 1. The number of halogens is 3. The molecule has 0 unspecified atom stereocenters. The van der Waals surface area contributed by atoms with Gasteiger partial charge in [0.05, 0.1) is 5.02 Å². The maximum Gasteiger partial charge on any atom is 0.388 e. The number of aromatic nitrogens is 4. The average molecular weight is 366 g/mol. The van der Waals surface area contributed by atoms with E-state index in [9.17, 15) is 13.6 Å². The number of nitrogens with zero attached hydrogens (tertiary/aromatic N) is 4. The summed E-state index contributed by atoms with van der Waals surface area (Å²) < 4.78 is 30.0. The van der Waals surface area contributed by atoms with Crippen molar-refractivity contribution >= 4 is 23.3 Å². The normalized spacial score (nSPS) is 10.7. The van der Waals surface area contributed by atoms with Gasteiger partial charge in [0.25, 0.3) is 5.91 Å². The second-order valence-corrected chi connectivity index (χ2v) is 5.06. The van der Waals surface area contributed by atoms with Crippen LogP contribution in [0.15, 0.2) is 48.8 Å². The summed E-state index contributed by atoms with van der Waals surface area (Å²) in [6.45, 7) is -3.02. The Morgan fingerprint density at radius 3 is 2.84 bits per heavy atom. The lowest BCUT2D eigenvalue weighted by molar-refractivity contribution is -0.0529. The molecule has 128 valence electrons. The molecular weight excluding hydrogens is 356 g/mol. The Hall–Kier alpha value is -3.07. The van der Waals surface area contributed by atoms with E-state index in [1.54, 1.807) is 24.5 Å². The van der Waals surface area contributed by atoms with E-state index >= 15 is 0 Å². The number of carbonyl (C=O) groups is 1. The van der Waals surface area contributed by atoms with Crippen molar-refractivity contribution in [1.29, 1.82) is 0 Å². The highest BCUT2D eigenvalue weighted by Gasteiger charge is 2.13. The van der Waals surface area contributed by atoms with Crippen molar-refractivity contribution in [3.05, 3.63) is 59.5 Å². The molecule has 0 aliphatic rings. The van der Waals surface area contributed by atoms with Crippen molar-refractivity contribution in [2.45, 2.75) is 6.61 Å². The molecular formula is C15H10ClF2N5O2. The Bertz CT molecular complexity index is 903. The maximum absolute atomic E-state index is 12.2. The number of pyridine rings is 2. The number of nitrogens with one attached hydrogen (secondary N) is 1. The lowest BCUT2D eigenvalue weighted by Gasteiger charge is -2.05. The quantitative estimate of drug-likeness (QED) is 0.751. The summed E-state index contributed by atoms with van der Waals surface area (Å²) >= 11 is 6.03. The molecule has 3 aromatic rings. The van der Waals surface area contributed by atoms with Gasteiger partial charge in [-0.2, -0.15) is 8.78 Å². The summed E-state index contributed by atoms with van der Waals surface area (Å²) in [7, 11) is 0. The summed E-state index contributed by atoms with van der Waals surface area (Å²) in [5.74, 6) is -0.366.